The summed E-state index contributed by atoms with van der Waals surface area (Å²) >= 11 is 2.29. The Hall–Kier alpha value is 1.50. The number of halogens is 1. The normalized spacial score (nSPS) is 4.50. The fourth-order valence-electron chi connectivity index (χ4n) is 0. The van der Waals surface area contributed by atoms with Crippen molar-refractivity contribution in [2.75, 3.05) is 4.43 Å². The predicted molar refractivity (Wildman–Crippen MR) is 33.1 cm³/mol. The third-order valence-electron chi connectivity index (χ3n) is 0. The van der Waals surface area contributed by atoms with E-state index in [0.29, 0.717) is 0 Å². The lowest BCUT2D eigenvalue weighted by atomic mass is 11.0. The van der Waals surface area contributed by atoms with Gasteiger partial charge in [-0.05, 0) is 4.43 Å². The highest BCUT2D eigenvalue weighted by molar-refractivity contribution is 14.1. The Bertz CT molecular complexity index is 6.00. The second-order valence-corrected chi connectivity index (χ2v) is 1.79. The zero-order chi connectivity index (χ0) is 2.71. The first-order chi connectivity index (χ1) is 1.41. The van der Waals surface area contributed by atoms with Crippen molar-refractivity contribution in [3.05, 3.63) is 0 Å². The van der Waals surface area contributed by atoms with Gasteiger partial charge in [0.15, 0.2) is 0 Å². The van der Waals surface area contributed by atoms with E-state index in [9.17, 15) is 0 Å². The van der Waals surface area contributed by atoms with Crippen molar-refractivity contribution in [2.45, 2.75) is 6.92 Å². The van der Waals surface area contributed by atoms with Gasteiger partial charge in [-0.2, -0.15) is 0 Å². The van der Waals surface area contributed by atoms with Crippen LogP contribution in [-0.4, -0.2) is 27.5 Å². The molecule has 0 atom stereocenters. The fraction of sp³-hybridized carbons (Fsp3) is 1.00. The van der Waals surface area contributed by atoms with Gasteiger partial charge < -0.3 is 0 Å². The molecular weight excluding hydrogens is 175 g/mol. The molecule has 0 nitrogen and oxygen atoms in total. The molecular formula is C2H7IMg. The van der Waals surface area contributed by atoms with Crippen molar-refractivity contribution in [1.29, 1.82) is 0 Å². The molecule has 0 fully saturated rings. The monoisotopic (exact) mass is 182 g/mol. The third kappa shape index (κ3) is 9.73. The molecule has 0 spiro atoms. The summed E-state index contributed by atoms with van der Waals surface area (Å²) in [6.07, 6.45) is 0. The largest absolute Gasteiger partial charge is 0.316 e. The second-order valence-electron chi connectivity index (χ2n) is 0.267. The zero-order valence-corrected chi connectivity index (χ0v) is 4.24. The maximum Gasteiger partial charge on any atom is 0.316 e. The summed E-state index contributed by atoms with van der Waals surface area (Å²) in [6, 6.07) is 0. The minimum Gasteiger partial charge on any atom is -0.0867 e. The van der Waals surface area contributed by atoms with Gasteiger partial charge in [-0.15, -0.1) is 0 Å². The van der Waals surface area contributed by atoms with Gasteiger partial charge in [0.1, 0.15) is 0 Å². The van der Waals surface area contributed by atoms with Crippen LogP contribution in [-0.2, 0) is 0 Å². The highest BCUT2D eigenvalue weighted by atomic mass is 127. The molecule has 0 N–H and O–H groups in total. The molecule has 0 rings (SSSR count). The summed E-state index contributed by atoms with van der Waals surface area (Å²) in [5.41, 5.74) is 0. The van der Waals surface area contributed by atoms with Crippen LogP contribution in [0.2, 0.25) is 0 Å². The van der Waals surface area contributed by atoms with Gasteiger partial charge in [0.05, 0.1) is 0 Å². The number of rotatable bonds is 0. The highest BCUT2D eigenvalue weighted by Crippen LogP contribution is 1.69. The highest BCUT2D eigenvalue weighted by Gasteiger charge is 1.38. The third-order valence-corrected chi connectivity index (χ3v) is 0. The van der Waals surface area contributed by atoms with E-state index >= 15 is 0 Å². The molecule has 0 saturated carbocycles. The minimum absolute atomic E-state index is 0. The van der Waals surface area contributed by atoms with Gasteiger partial charge in [-0.3, -0.25) is 0 Å². The molecule has 0 bridgehead atoms. The Labute approximate surface area is 56.6 Å². The quantitative estimate of drug-likeness (QED) is 0.291. The molecule has 0 saturated heterocycles. The van der Waals surface area contributed by atoms with Crippen LogP contribution < -0.4 is 0 Å². The van der Waals surface area contributed by atoms with Crippen LogP contribution in [0.1, 0.15) is 6.92 Å². The first kappa shape index (κ1) is 9.09. The van der Waals surface area contributed by atoms with E-state index in [-0.39, 0.29) is 23.1 Å². The summed E-state index contributed by atoms with van der Waals surface area (Å²) in [5, 5.41) is 0. The van der Waals surface area contributed by atoms with Crippen molar-refractivity contribution in [3.8, 4) is 0 Å². The molecule has 0 aromatic heterocycles. The molecule has 0 aliphatic carbocycles. The molecule has 0 radical (unpaired) electrons. The van der Waals surface area contributed by atoms with E-state index in [0.717, 1.165) is 0 Å². The molecule has 0 amide bonds. The summed E-state index contributed by atoms with van der Waals surface area (Å²) in [5.74, 6) is 0. The van der Waals surface area contributed by atoms with Gasteiger partial charge in [-0.25, -0.2) is 0 Å². The average Bonchev–Trinajstić information content (AvgIpc) is 0.918. The average molecular weight is 182 g/mol. The Morgan fingerprint density at radius 1 is 1.75 bits per heavy atom. The summed E-state index contributed by atoms with van der Waals surface area (Å²) < 4.78 is 1.22. The standard InChI is InChI=1S/C2H5I.Mg.2H/c1-2-3;;;/h2H2,1H3;;;. The predicted octanol–water partition coefficient (Wildman–Crippen LogP) is 0.525. The van der Waals surface area contributed by atoms with Gasteiger partial charge in [0.25, 0.3) is 0 Å². The van der Waals surface area contributed by atoms with Crippen LogP contribution in [0.4, 0.5) is 0 Å². The van der Waals surface area contributed by atoms with Crippen LogP contribution in [0.25, 0.3) is 0 Å². The van der Waals surface area contributed by atoms with Gasteiger partial charge >= 0.3 is 23.1 Å². The zero-order valence-electron chi connectivity index (χ0n) is 2.09. The van der Waals surface area contributed by atoms with Crippen LogP contribution in [0, 0.1) is 0 Å². The maximum atomic E-state index is 2.29. The topological polar surface area (TPSA) is 0 Å². The molecule has 2 heteroatoms. The molecule has 24 valence electrons. The van der Waals surface area contributed by atoms with Gasteiger partial charge in [0.2, 0.25) is 0 Å². The van der Waals surface area contributed by atoms with Gasteiger partial charge in [-0.1, -0.05) is 29.5 Å². The van der Waals surface area contributed by atoms with E-state index in [2.05, 4.69) is 29.5 Å². The van der Waals surface area contributed by atoms with Crippen LogP contribution in [0.3, 0.4) is 0 Å². The Balaban J connectivity index is 0. The molecule has 0 aromatic carbocycles. The molecule has 0 unspecified atom stereocenters. The molecule has 4 heavy (non-hydrogen) atoms. The molecule has 0 aliphatic heterocycles. The Morgan fingerprint density at radius 3 is 1.75 bits per heavy atom. The van der Waals surface area contributed by atoms with Crippen molar-refractivity contribution < 1.29 is 0 Å². The molecule has 0 aromatic rings. The lowest BCUT2D eigenvalue weighted by molar-refractivity contribution is 1.58. The van der Waals surface area contributed by atoms with E-state index < -0.39 is 0 Å². The van der Waals surface area contributed by atoms with Crippen molar-refractivity contribution in [3.63, 3.8) is 0 Å². The number of hydrogen-bond donors (Lipinski definition) is 0. The van der Waals surface area contributed by atoms with Gasteiger partial charge in [0, 0.05) is 0 Å². The smallest absolute Gasteiger partial charge is 0.0867 e. The Kier molecular flexibility index (Phi) is 20.0. The van der Waals surface area contributed by atoms with E-state index in [1.807, 2.05) is 0 Å². The Morgan fingerprint density at radius 2 is 1.75 bits per heavy atom. The summed E-state index contributed by atoms with van der Waals surface area (Å²) in [4.78, 5) is 0. The SMILES string of the molecule is CCI.[MgH2]. The van der Waals surface area contributed by atoms with Crippen molar-refractivity contribution >= 4 is 45.6 Å². The summed E-state index contributed by atoms with van der Waals surface area (Å²) in [6.45, 7) is 2.11. The van der Waals surface area contributed by atoms with E-state index in [1.54, 1.807) is 0 Å². The molecule has 0 aliphatic rings. The number of alkyl halides is 1. The van der Waals surface area contributed by atoms with Crippen molar-refractivity contribution in [2.24, 2.45) is 0 Å². The fourth-order valence-corrected chi connectivity index (χ4v) is 0. The minimum atomic E-state index is 0. The van der Waals surface area contributed by atoms with Crippen molar-refractivity contribution in [1.82, 2.24) is 0 Å². The lowest BCUT2D eigenvalue weighted by Gasteiger charge is -1.45. The van der Waals surface area contributed by atoms with E-state index in [1.165, 1.54) is 4.43 Å². The maximum absolute atomic E-state index is 2.29. The lowest BCUT2D eigenvalue weighted by Crippen LogP contribution is -1.33. The first-order valence-corrected chi connectivity index (χ1v) is 2.50. The van der Waals surface area contributed by atoms with E-state index in [4.69, 9.17) is 0 Å². The first-order valence-electron chi connectivity index (χ1n) is 0.974. The summed E-state index contributed by atoms with van der Waals surface area (Å²) in [7, 11) is 0. The second kappa shape index (κ2) is 8.82. The molecule has 0 heterocycles. The number of hydrogen-bond acceptors (Lipinski definition) is 0. The van der Waals surface area contributed by atoms with Crippen LogP contribution in [0.5, 0.6) is 0 Å². The van der Waals surface area contributed by atoms with Crippen LogP contribution >= 0.6 is 22.6 Å². The van der Waals surface area contributed by atoms with Crippen LogP contribution in [0.15, 0.2) is 0 Å².